The molecule has 6 heteroatoms. The van der Waals surface area contributed by atoms with E-state index in [1.165, 1.54) is 12.1 Å². The first-order valence-corrected chi connectivity index (χ1v) is 10.6. The molecule has 1 aliphatic rings. The van der Waals surface area contributed by atoms with Crippen molar-refractivity contribution in [1.29, 1.82) is 0 Å². The fraction of sp³-hybridized carbons (Fsp3) is 0.400. The number of aryl methyl sites for hydroxylation is 1. The van der Waals surface area contributed by atoms with Gasteiger partial charge in [-0.1, -0.05) is 25.5 Å². The van der Waals surface area contributed by atoms with E-state index in [1.54, 1.807) is 24.3 Å². The minimum atomic E-state index is -3.49. The van der Waals surface area contributed by atoms with Crippen LogP contribution in [0.5, 0.6) is 0 Å². The van der Waals surface area contributed by atoms with Crippen LogP contribution in [0.25, 0.3) is 0 Å². The summed E-state index contributed by atoms with van der Waals surface area (Å²) in [6.45, 7) is 4.13. The second-order valence-electron chi connectivity index (χ2n) is 6.82. The number of benzene rings is 2. The maximum atomic E-state index is 13.0. The summed E-state index contributed by atoms with van der Waals surface area (Å²) in [4.78, 5) is 2.48. The van der Waals surface area contributed by atoms with Gasteiger partial charge in [0.25, 0.3) is 0 Å². The molecule has 3 rings (SSSR count). The van der Waals surface area contributed by atoms with Crippen molar-refractivity contribution in [2.75, 3.05) is 24.5 Å². The highest BCUT2D eigenvalue weighted by Crippen LogP contribution is 2.24. The number of nitrogens with one attached hydrogen (secondary N) is 1. The van der Waals surface area contributed by atoms with Crippen molar-refractivity contribution < 1.29 is 12.8 Å². The minimum Gasteiger partial charge on any atom is -0.371 e. The van der Waals surface area contributed by atoms with E-state index >= 15 is 0 Å². The fourth-order valence-electron chi connectivity index (χ4n) is 3.32. The number of rotatable bonds is 7. The molecular weight excluding hydrogens is 351 g/mol. The van der Waals surface area contributed by atoms with E-state index < -0.39 is 10.0 Å². The standard InChI is InChI=1S/C20H25FN2O2S/c1-2-3-16-4-10-20(11-5-16)26(24,25)22-14-17-12-13-23(15-17)19-8-6-18(21)7-9-19/h4-11,17,22H,2-3,12-15H2,1H3. The van der Waals surface area contributed by atoms with Crippen molar-refractivity contribution in [2.24, 2.45) is 5.92 Å². The largest absolute Gasteiger partial charge is 0.371 e. The Labute approximate surface area is 155 Å². The van der Waals surface area contributed by atoms with E-state index in [4.69, 9.17) is 0 Å². The molecule has 2 aromatic carbocycles. The molecule has 1 unspecified atom stereocenters. The molecule has 1 heterocycles. The zero-order valence-corrected chi connectivity index (χ0v) is 15.8. The minimum absolute atomic E-state index is 0.245. The topological polar surface area (TPSA) is 49.4 Å². The number of sulfonamides is 1. The van der Waals surface area contributed by atoms with E-state index in [0.29, 0.717) is 11.4 Å². The summed E-state index contributed by atoms with van der Waals surface area (Å²) in [5.74, 6) is -0.00333. The van der Waals surface area contributed by atoms with Gasteiger partial charge in [-0.15, -0.1) is 0 Å². The van der Waals surface area contributed by atoms with E-state index in [1.807, 2.05) is 12.1 Å². The van der Waals surface area contributed by atoms with Crippen LogP contribution in [0.1, 0.15) is 25.3 Å². The Morgan fingerprint density at radius 2 is 1.81 bits per heavy atom. The van der Waals surface area contributed by atoms with Crippen LogP contribution in [-0.2, 0) is 16.4 Å². The summed E-state index contributed by atoms with van der Waals surface area (Å²) in [5, 5.41) is 0. The van der Waals surface area contributed by atoms with Crippen molar-refractivity contribution in [1.82, 2.24) is 4.72 Å². The fourth-order valence-corrected chi connectivity index (χ4v) is 4.44. The van der Waals surface area contributed by atoms with Gasteiger partial charge in [0.05, 0.1) is 4.90 Å². The molecule has 0 amide bonds. The molecule has 1 saturated heterocycles. The number of hydrogen-bond donors (Lipinski definition) is 1. The third kappa shape index (κ3) is 4.62. The van der Waals surface area contributed by atoms with Crippen molar-refractivity contribution in [3.05, 3.63) is 59.9 Å². The highest BCUT2D eigenvalue weighted by Gasteiger charge is 2.24. The van der Waals surface area contributed by atoms with Gasteiger partial charge in [-0.2, -0.15) is 0 Å². The van der Waals surface area contributed by atoms with Gasteiger partial charge in [0.15, 0.2) is 0 Å². The summed E-state index contributed by atoms with van der Waals surface area (Å²) < 4.78 is 40.7. The molecule has 0 radical (unpaired) electrons. The smallest absolute Gasteiger partial charge is 0.240 e. The molecule has 1 aliphatic heterocycles. The molecule has 0 aromatic heterocycles. The Balaban J connectivity index is 1.55. The Hall–Kier alpha value is -1.92. The van der Waals surface area contributed by atoms with E-state index in [0.717, 1.165) is 43.6 Å². The van der Waals surface area contributed by atoms with Crippen molar-refractivity contribution >= 4 is 15.7 Å². The molecule has 0 aliphatic carbocycles. The monoisotopic (exact) mass is 376 g/mol. The van der Waals surface area contributed by atoms with Crippen LogP contribution < -0.4 is 9.62 Å². The van der Waals surface area contributed by atoms with Crippen LogP contribution in [0.3, 0.4) is 0 Å². The predicted molar refractivity (Wildman–Crippen MR) is 102 cm³/mol. The summed E-state index contributed by atoms with van der Waals surface area (Å²) in [5.41, 5.74) is 2.13. The quantitative estimate of drug-likeness (QED) is 0.803. The Kier molecular flexibility index (Phi) is 5.94. The van der Waals surface area contributed by atoms with Crippen LogP contribution in [0.2, 0.25) is 0 Å². The van der Waals surface area contributed by atoms with E-state index in [2.05, 4.69) is 16.5 Å². The van der Waals surface area contributed by atoms with Crippen LogP contribution in [0, 0.1) is 11.7 Å². The third-order valence-corrected chi connectivity index (χ3v) is 6.25. The molecule has 140 valence electrons. The number of hydrogen-bond acceptors (Lipinski definition) is 3. The van der Waals surface area contributed by atoms with Crippen molar-refractivity contribution in [3.63, 3.8) is 0 Å². The average molecular weight is 376 g/mol. The maximum absolute atomic E-state index is 13.0. The average Bonchev–Trinajstić information content (AvgIpc) is 3.11. The van der Waals surface area contributed by atoms with Gasteiger partial charge in [0.1, 0.15) is 5.82 Å². The lowest BCUT2D eigenvalue weighted by Gasteiger charge is -2.19. The van der Waals surface area contributed by atoms with Gasteiger partial charge in [-0.05, 0) is 60.7 Å². The zero-order chi connectivity index (χ0) is 18.6. The summed E-state index contributed by atoms with van der Waals surface area (Å²) in [6.07, 6.45) is 2.90. The zero-order valence-electron chi connectivity index (χ0n) is 15.0. The number of nitrogens with zero attached hydrogens (tertiary/aromatic N) is 1. The van der Waals surface area contributed by atoms with Crippen LogP contribution >= 0.6 is 0 Å². The first-order valence-electron chi connectivity index (χ1n) is 9.07. The SMILES string of the molecule is CCCc1ccc(S(=O)(=O)NCC2CCN(c3ccc(F)cc3)C2)cc1. The normalized spacial score (nSPS) is 17.6. The molecule has 1 fully saturated rings. The van der Waals surface area contributed by atoms with Crippen molar-refractivity contribution in [2.45, 2.75) is 31.1 Å². The lowest BCUT2D eigenvalue weighted by atomic mass is 10.1. The molecule has 0 saturated carbocycles. The van der Waals surface area contributed by atoms with Gasteiger partial charge in [0, 0.05) is 25.3 Å². The lowest BCUT2D eigenvalue weighted by molar-refractivity contribution is 0.541. The summed E-state index contributed by atoms with van der Waals surface area (Å²) >= 11 is 0. The summed E-state index contributed by atoms with van der Waals surface area (Å²) in [6, 6.07) is 13.5. The maximum Gasteiger partial charge on any atom is 0.240 e. The predicted octanol–water partition coefficient (Wildman–Crippen LogP) is 3.58. The second kappa shape index (κ2) is 8.18. The van der Waals surface area contributed by atoms with Gasteiger partial charge in [-0.3, -0.25) is 0 Å². The molecule has 4 nitrogen and oxygen atoms in total. The molecule has 0 bridgehead atoms. The number of anilines is 1. The molecule has 1 atom stereocenters. The highest BCUT2D eigenvalue weighted by atomic mass is 32.2. The van der Waals surface area contributed by atoms with Crippen LogP contribution in [0.15, 0.2) is 53.4 Å². The lowest BCUT2D eigenvalue weighted by Crippen LogP contribution is -2.31. The number of halogens is 1. The first-order chi connectivity index (χ1) is 12.5. The molecule has 1 N–H and O–H groups in total. The third-order valence-electron chi connectivity index (χ3n) is 4.81. The highest BCUT2D eigenvalue weighted by molar-refractivity contribution is 7.89. The van der Waals surface area contributed by atoms with Gasteiger partial charge >= 0.3 is 0 Å². The van der Waals surface area contributed by atoms with Gasteiger partial charge in [-0.25, -0.2) is 17.5 Å². The van der Waals surface area contributed by atoms with Crippen molar-refractivity contribution in [3.8, 4) is 0 Å². The molecule has 26 heavy (non-hydrogen) atoms. The Bertz CT molecular complexity index is 820. The van der Waals surface area contributed by atoms with Gasteiger partial charge in [0.2, 0.25) is 10.0 Å². The molecule has 0 spiro atoms. The van der Waals surface area contributed by atoms with E-state index in [9.17, 15) is 12.8 Å². The van der Waals surface area contributed by atoms with Gasteiger partial charge < -0.3 is 4.90 Å². The second-order valence-corrected chi connectivity index (χ2v) is 8.59. The molecular formula is C20H25FN2O2S. The van der Waals surface area contributed by atoms with Crippen LogP contribution in [-0.4, -0.2) is 28.1 Å². The Morgan fingerprint density at radius 1 is 1.12 bits per heavy atom. The Morgan fingerprint density at radius 3 is 2.46 bits per heavy atom. The first kappa shape index (κ1) is 18.9. The summed E-state index contributed by atoms with van der Waals surface area (Å²) in [7, 11) is -3.49. The van der Waals surface area contributed by atoms with E-state index in [-0.39, 0.29) is 11.7 Å². The van der Waals surface area contributed by atoms with Crippen LogP contribution in [0.4, 0.5) is 10.1 Å². The molecule has 2 aromatic rings.